The smallest absolute Gasteiger partial charge is 0.315 e. The van der Waals surface area contributed by atoms with Gasteiger partial charge in [0.2, 0.25) is 0 Å². The van der Waals surface area contributed by atoms with Crippen molar-refractivity contribution in [1.29, 1.82) is 5.26 Å². The molecule has 1 aromatic rings. The molecule has 0 heterocycles. The molecule has 1 rings (SSSR count). The van der Waals surface area contributed by atoms with Crippen molar-refractivity contribution in [3.63, 3.8) is 0 Å². The van der Waals surface area contributed by atoms with Crippen molar-refractivity contribution in [3.8, 4) is 6.07 Å². The molecule has 114 valence electrons. The Morgan fingerprint density at radius 3 is 2.71 bits per heavy atom. The van der Waals surface area contributed by atoms with Crippen LogP contribution in [0.3, 0.4) is 0 Å². The largest absolute Gasteiger partial charge is 0.388 e. The number of carbonyl (C=O) groups is 1. The zero-order valence-corrected chi connectivity index (χ0v) is 12.4. The van der Waals surface area contributed by atoms with Gasteiger partial charge in [-0.15, -0.1) is 0 Å². The zero-order chi connectivity index (χ0) is 16.0. The van der Waals surface area contributed by atoms with Crippen molar-refractivity contribution in [1.82, 2.24) is 10.6 Å². The Morgan fingerprint density at radius 2 is 2.14 bits per heavy atom. The molecule has 0 saturated carbocycles. The number of aliphatic hydroxyl groups is 1. The first kappa shape index (κ1) is 16.9. The van der Waals surface area contributed by atoms with Crippen LogP contribution in [0, 0.1) is 23.1 Å². The number of nitrogens with zero attached hydrogens (tertiary/aromatic N) is 1. The molecule has 2 amide bonds. The van der Waals surface area contributed by atoms with E-state index >= 15 is 0 Å². The van der Waals surface area contributed by atoms with Gasteiger partial charge in [0.15, 0.2) is 0 Å². The Kier molecular flexibility index (Phi) is 5.68. The fourth-order valence-corrected chi connectivity index (χ4v) is 1.48. The van der Waals surface area contributed by atoms with Crippen molar-refractivity contribution in [2.45, 2.75) is 32.9 Å². The van der Waals surface area contributed by atoms with E-state index in [0.717, 1.165) is 0 Å². The Balaban J connectivity index is 2.53. The lowest BCUT2D eigenvalue weighted by Crippen LogP contribution is -2.47. The van der Waals surface area contributed by atoms with E-state index in [4.69, 9.17) is 5.26 Å². The number of nitrogens with one attached hydrogen (secondary N) is 2. The van der Waals surface area contributed by atoms with Gasteiger partial charge < -0.3 is 15.7 Å². The molecular weight excluding hydrogens is 273 g/mol. The van der Waals surface area contributed by atoms with Crippen LogP contribution in [0.2, 0.25) is 0 Å². The van der Waals surface area contributed by atoms with Crippen molar-refractivity contribution in [3.05, 3.63) is 35.1 Å². The number of hydrogen-bond acceptors (Lipinski definition) is 3. The second-order valence-electron chi connectivity index (χ2n) is 5.47. The first-order chi connectivity index (χ1) is 9.76. The number of halogens is 1. The van der Waals surface area contributed by atoms with E-state index in [2.05, 4.69) is 10.6 Å². The number of benzene rings is 1. The van der Waals surface area contributed by atoms with Crippen LogP contribution in [-0.4, -0.2) is 23.3 Å². The summed E-state index contributed by atoms with van der Waals surface area (Å²) in [4.78, 5) is 11.6. The summed E-state index contributed by atoms with van der Waals surface area (Å²) in [5, 5.41) is 23.8. The molecular formula is C15H20FN3O2. The summed E-state index contributed by atoms with van der Waals surface area (Å²) in [6.45, 7) is 5.40. The van der Waals surface area contributed by atoms with Crippen molar-refractivity contribution >= 4 is 6.03 Å². The van der Waals surface area contributed by atoms with Crippen LogP contribution in [0.15, 0.2) is 18.2 Å². The topological polar surface area (TPSA) is 85.2 Å². The van der Waals surface area contributed by atoms with Gasteiger partial charge >= 0.3 is 6.03 Å². The monoisotopic (exact) mass is 293 g/mol. The predicted molar refractivity (Wildman–Crippen MR) is 76.8 cm³/mol. The zero-order valence-electron chi connectivity index (χ0n) is 12.4. The van der Waals surface area contributed by atoms with E-state index in [-0.39, 0.29) is 24.6 Å². The highest BCUT2D eigenvalue weighted by molar-refractivity contribution is 5.73. The van der Waals surface area contributed by atoms with Gasteiger partial charge in [-0.05, 0) is 31.0 Å². The van der Waals surface area contributed by atoms with Crippen LogP contribution in [0.5, 0.6) is 0 Å². The molecule has 0 bridgehead atoms. The predicted octanol–water partition coefficient (Wildman–Crippen LogP) is 1.90. The number of amides is 2. The molecule has 1 unspecified atom stereocenters. The molecule has 0 aliphatic heterocycles. The summed E-state index contributed by atoms with van der Waals surface area (Å²) >= 11 is 0. The Labute approximate surface area is 123 Å². The van der Waals surface area contributed by atoms with Crippen LogP contribution >= 0.6 is 0 Å². The van der Waals surface area contributed by atoms with E-state index in [1.165, 1.54) is 18.2 Å². The van der Waals surface area contributed by atoms with E-state index < -0.39 is 17.4 Å². The number of nitriles is 1. The molecule has 21 heavy (non-hydrogen) atoms. The average Bonchev–Trinajstić information content (AvgIpc) is 2.44. The average molecular weight is 293 g/mol. The molecule has 1 aromatic carbocycles. The lowest BCUT2D eigenvalue weighted by Gasteiger charge is -2.27. The minimum absolute atomic E-state index is 0.0115. The molecule has 0 spiro atoms. The first-order valence-electron chi connectivity index (χ1n) is 6.69. The molecule has 6 heteroatoms. The van der Waals surface area contributed by atoms with Crippen LogP contribution in [0.25, 0.3) is 0 Å². The Hall–Kier alpha value is -2.13. The van der Waals surface area contributed by atoms with Gasteiger partial charge in [0, 0.05) is 18.7 Å². The third-order valence-corrected chi connectivity index (χ3v) is 3.46. The lowest BCUT2D eigenvalue weighted by molar-refractivity contribution is 0.0166. The molecule has 0 aliphatic carbocycles. The standard InChI is InChI=1S/C15H20FN3O2/c1-10(2)15(3,21)9-19-14(20)18-8-12-6-11(7-17)4-5-13(12)16/h4-6,10,21H,8-9H2,1-3H3,(H2,18,19,20). The summed E-state index contributed by atoms with van der Waals surface area (Å²) in [7, 11) is 0. The SMILES string of the molecule is CC(C)C(C)(O)CNC(=O)NCc1cc(C#N)ccc1F. The maximum Gasteiger partial charge on any atom is 0.315 e. The fourth-order valence-electron chi connectivity index (χ4n) is 1.48. The highest BCUT2D eigenvalue weighted by Gasteiger charge is 2.25. The van der Waals surface area contributed by atoms with E-state index in [1.807, 2.05) is 19.9 Å². The van der Waals surface area contributed by atoms with Crippen molar-refractivity contribution in [2.75, 3.05) is 6.54 Å². The van der Waals surface area contributed by atoms with Crippen LogP contribution in [0.4, 0.5) is 9.18 Å². The van der Waals surface area contributed by atoms with Crippen molar-refractivity contribution < 1.29 is 14.3 Å². The Morgan fingerprint density at radius 1 is 1.48 bits per heavy atom. The molecule has 0 aromatic heterocycles. The maximum absolute atomic E-state index is 13.5. The van der Waals surface area contributed by atoms with Gasteiger partial charge in [-0.3, -0.25) is 0 Å². The molecule has 0 saturated heterocycles. The van der Waals surface area contributed by atoms with Gasteiger partial charge in [-0.25, -0.2) is 9.18 Å². The summed E-state index contributed by atoms with van der Waals surface area (Å²) in [6, 6.07) is 5.36. The van der Waals surface area contributed by atoms with Gasteiger partial charge in [0.25, 0.3) is 0 Å². The van der Waals surface area contributed by atoms with E-state index in [1.54, 1.807) is 6.92 Å². The minimum atomic E-state index is -1.01. The van der Waals surface area contributed by atoms with Crippen LogP contribution in [-0.2, 0) is 6.54 Å². The van der Waals surface area contributed by atoms with Crippen LogP contribution in [0.1, 0.15) is 31.9 Å². The molecule has 5 nitrogen and oxygen atoms in total. The Bertz CT molecular complexity index is 550. The highest BCUT2D eigenvalue weighted by atomic mass is 19.1. The molecule has 0 radical (unpaired) electrons. The maximum atomic E-state index is 13.5. The molecule has 0 aliphatic rings. The van der Waals surface area contributed by atoms with Crippen LogP contribution < -0.4 is 10.6 Å². The molecule has 3 N–H and O–H groups in total. The first-order valence-corrected chi connectivity index (χ1v) is 6.69. The third kappa shape index (κ3) is 5.04. The number of carbonyl (C=O) groups excluding carboxylic acids is 1. The van der Waals surface area contributed by atoms with Gasteiger partial charge in [-0.2, -0.15) is 5.26 Å². The van der Waals surface area contributed by atoms with E-state index in [0.29, 0.717) is 5.56 Å². The second kappa shape index (κ2) is 7.04. The normalized spacial score (nSPS) is 13.4. The van der Waals surface area contributed by atoms with Gasteiger partial charge in [0.1, 0.15) is 5.82 Å². The quantitative estimate of drug-likeness (QED) is 0.775. The lowest BCUT2D eigenvalue weighted by atomic mass is 9.93. The fraction of sp³-hybridized carbons (Fsp3) is 0.467. The summed E-state index contributed by atoms with van der Waals surface area (Å²) in [5.74, 6) is -0.494. The third-order valence-electron chi connectivity index (χ3n) is 3.46. The van der Waals surface area contributed by atoms with E-state index in [9.17, 15) is 14.3 Å². The summed E-state index contributed by atoms with van der Waals surface area (Å²) in [5.41, 5.74) is -0.445. The molecule has 0 fully saturated rings. The number of rotatable bonds is 5. The number of urea groups is 1. The number of hydrogen-bond donors (Lipinski definition) is 3. The molecule has 1 atom stereocenters. The summed E-state index contributed by atoms with van der Waals surface area (Å²) in [6.07, 6.45) is 0. The minimum Gasteiger partial charge on any atom is -0.388 e. The summed E-state index contributed by atoms with van der Waals surface area (Å²) < 4.78 is 13.5. The van der Waals surface area contributed by atoms with Crippen molar-refractivity contribution in [2.24, 2.45) is 5.92 Å². The second-order valence-corrected chi connectivity index (χ2v) is 5.47. The van der Waals surface area contributed by atoms with Gasteiger partial charge in [0.05, 0.1) is 17.2 Å². The van der Waals surface area contributed by atoms with Gasteiger partial charge in [-0.1, -0.05) is 13.8 Å². The highest BCUT2D eigenvalue weighted by Crippen LogP contribution is 2.14.